The Kier molecular flexibility index (Phi) is 8.02. The minimum absolute atomic E-state index is 0.0689. The summed E-state index contributed by atoms with van der Waals surface area (Å²) in [5.74, 6) is 0.950. The second-order valence-corrected chi connectivity index (χ2v) is 6.82. The van der Waals surface area contributed by atoms with E-state index in [1.165, 1.54) is 18.7 Å². The van der Waals surface area contributed by atoms with Gasteiger partial charge in [-0.2, -0.15) is 0 Å². The zero-order valence-corrected chi connectivity index (χ0v) is 15.9. The van der Waals surface area contributed by atoms with Crippen molar-refractivity contribution < 1.29 is 14.3 Å². The average Bonchev–Trinajstić information content (AvgIpc) is 2.62. The average molecular weight is 372 g/mol. The van der Waals surface area contributed by atoms with Crippen LogP contribution in [0, 0.1) is 0 Å². The van der Waals surface area contributed by atoms with Crippen LogP contribution < -0.4 is 15.4 Å². The van der Waals surface area contributed by atoms with Gasteiger partial charge in [-0.3, -0.25) is 9.59 Å². The predicted molar refractivity (Wildman–Crippen MR) is 107 cm³/mol. The molecule has 0 spiro atoms. The molecule has 6 heteroatoms. The number of thioether (sulfide) groups is 1. The number of ether oxygens (including phenoxy) is 1. The molecule has 2 aromatic rings. The fraction of sp³-hybridized carbons (Fsp3) is 0.300. The molecule has 0 aliphatic heterocycles. The highest BCUT2D eigenvalue weighted by molar-refractivity contribution is 8.00. The maximum absolute atomic E-state index is 12.1. The van der Waals surface area contributed by atoms with Gasteiger partial charge in [0.2, 0.25) is 11.8 Å². The van der Waals surface area contributed by atoms with Gasteiger partial charge < -0.3 is 15.4 Å². The van der Waals surface area contributed by atoms with Gasteiger partial charge in [0, 0.05) is 23.2 Å². The highest BCUT2D eigenvalue weighted by atomic mass is 32.2. The quantitative estimate of drug-likeness (QED) is 0.500. The van der Waals surface area contributed by atoms with Crippen molar-refractivity contribution in [1.82, 2.24) is 0 Å². The minimum atomic E-state index is -0.105. The van der Waals surface area contributed by atoms with Crippen LogP contribution >= 0.6 is 11.8 Å². The zero-order chi connectivity index (χ0) is 18.8. The first-order chi connectivity index (χ1) is 12.6. The van der Waals surface area contributed by atoms with Crippen LogP contribution in [0.15, 0.2) is 53.4 Å². The molecule has 0 aliphatic rings. The number of nitrogens with one attached hydrogen (secondary N) is 2. The number of benzene rings is 2. The molecule has 138 valence electrons. The molecular weight excluding hydrogens is 348 g/mol. The number of hydrogen-bond acceptors (Lipinski definition) is 4. The molecule has 0 aliphatic carbocycles. The normalized spacial score (nSPS) is 10.2. The second-order valence-electron chi connectivity index (χ2n) is 5.77. The Hall–Kier alpha value is -2.47. The van der Waals surface area contributed by atoms with Crippen LogP contribution in [0.2, 0.25) is 0 Å². The molecule has 0 saturated heterocycles. The third-order valence-electron chi connectivity index (χ3n) is 3.45. The van der Waals surface area contributed by atoms with Crippen molar-refractivity contribution in [1.29, 1.82) is 0 Å². The number of rotatable bonds is 9. The van der Waals surface area contributed by atoms with Crippen LogP contribution in [0.5, 0.6) is 5.75 Å². The van der Waals surface area contributed by atoms with Gasteiger partial charge in [0.15, 0.2) is 0 Å². The van der Waals surface area contributed by atoms with Gasteiger partial charge in [-0.1, -0.05) is 13.3 Å². The van der Waals surface area contributed by atoms with Crippen molar-refractivity contribution in [2.24, 2.45) is 0 Å². The van der Waals surface area contributed by atoms with E-state index in [1.54, 1.807) is 0 Å². The van der Waals surface area contributed by atoms with Gasteiger partial charge in [0.25, 0.3) is 0 Å². The summed E-state index contributed by atoms with van der Waals surface area (Å²) in [5, 5.41) is 5.58. The highest BCUT2D eigenvalue weighted by Crippen LogP contribution is 2.21. The van der Waals surface area contributed by atoms with E-state index in [1.807, 2.05) is 48.5 Å². The van der Waals surface area contributed by atoms with Crippen molar-refractivity contribution in [3.63, 3.8) is 0 Å². The zero-order valence-electron chi connectivity index (χ0n) is 15.1. The number of carbonyl (C=O) groups excluding carboxylic acids is 2. The smallest absolute Gasteiger partial charge is 0.234 e. The van der Waals surface area contributed by atoms with Crippen LogP contribution in [0.25, 0.3) is 0 Å². The minimum Gasteiger partial charge on any atom is -0.494 e. The van der Waals surface area contributed by atoms with E-state index in [2.05, 4.69) is 17.6 Å². The van der Waals surface area contributed by atoms with Gasteiger partial charge in [-0.25, -0.2) is 0 Å². The molecule has 2 rings (SSSR count). The Labute approximate surface area is 158 Å². The molecule has 0 radical (unpaired) electrons. The Morgan fingerprint density at radius 2 is 1.58 bits per heavy atom. The lowest BCUT2D eigenvalue weighted by Gasteiger charge is -2.08. The lowest BCUT2D eigenvalue weighted by molar-refractivity contribution is -0.114. The Bertz CT molecular complexity index is 715. The van der Waals surface area contributed by atoms with Gasteiger partial charge in [0.1, 0.15) is 5.75 Å². The largest absolute Gasteiger partial charge is 0.494 e. The molecule has 2 N–H and O–H groups in total. The third kappa shape index (κ3) is 7.19. The van der Waals surface area contributed by atoms with E-state index in [4.69, 9.17) is 4.74 Å². The van der Waals surface area contributed by atoms with Gasteiger partial charge in [0.05, 0.1) is 12.4 Å². The molecular formula is C20H24N2O3S. The Morgan fingerprint density at radius 1 is 0.962 bits per heavy atom. The molecule has 26 heavy (non-hydrogen) atoms. The summed E-state index contributed by atoms with van der Waals surface area (Å²) in [5.41, 5.74) is 1.49. The molecule has 0 unspecified atom stereocenters. The lowest BCUT2D eigenvalue weighted by atomic mass is 10.3. The summed E-state index contributed by atoms with van der Waals surface area (Å²) in [6, 6.07) is 14.8. The van der Waals surface area contributed by atoms with E-state index in [0.717, 1.165) is 34.9 Å². The maximum Gasteiger partial charge on any atom is 0.234 e. The monoisotopic (exact) mass is 372 g/mol. The predicted octanol–water partition coefficient (Wildman–Crippen LogP) is 4.55. The molecule has 5 nitrogen and oxygen atoms in total. The van der Waals surface area contributed by atoms with Gasteiger partial charge in [-0.05, 0) is 55.0 Å². The summed E-state index contributed by atoms with van der Waals surface area (Å²) in [4.78, 5) is 24.0. The van der Waals surface area contributed by atoms with Crippen molar-refractivity contribution >= 4 is 35.0 Å². The first-order valence-corrected chi connectivity index (χ1v) is 9.58. The summed E-state index contributed by atoms with van der Waals surface area (Å²) in [7, 11) is 0. The van der Waals surface area contributed by atoms with Gasteiger partial charge >= 0.3 is 0 Å². The van der Waals surface area contributed by atoms with Crippen molar-refractivity contribution in [2.45, 2.75) is 31.6 Å². The van der Waals surface area contributed by atoms with E-state index in [-0.39, 0.29) is 11.8 Å². The molecule has 2 aromatic carbocycles. The summed E-state index contributed by atoms with van der Waals surface area (Å²) < 4.78 is 5.60. The fourth-order valence-corrected chi connectivity index (χ4v) is 2.85. The molecule has 0 aromatic heterocycles. The van der Waals surface area contributed by atoms with E-state index in [9.17, 15) is 9.59 Å². The van der Waals surface area contributed by atoms with Crippen LogP contribution in [-0.2, 0) is 9.59 Å². The first kappa shape index (κ1) is 19.8. The van der Waals surface area contributed by atoms with E-state index < -0.39 is 0 Å². The summed E-state index contributed by atoms with van der Waals surface area (Å²) in [6.45, 7) is 4.30. The summed E-state index contributed by atoms with van der Waals surface area (Å²) >= 11 is 1.44. The molecule has 0 bridgehead atoms. The number of carbonyl (C=O) groups is 2. The molecule has 0 heterocycles. The lowest BCUT2D eigenvalue weighted by Crippen LogP contribution is -2.13. The second kappa shape index (κ2) is 10.5. The summed E-state index contributed by atoms with van der Waals surface area (Å²) in [6.07, 6.45) is 2.13. The number of amides is 2. The topological polar surface area (TPSA) is 67.4 Å². The highest BCUT2D eigenvalue weighted by Gasteiger charge is 2.05. The first-order valence-electron chi connectivity index (χ1n) is 8.60. The number of anilines is 2. The van der Waals surface area contributed by atoms with E-state index in [0.29, 0.717) is 12.4 Å². The SMILES string of the molecule is CCCCOc1ccc(NC(=O)CSc2ccc(NC(C)=O)cc2)cc1. The van der Waals surface area contributed by atoms with Crippen LogP contribution in [0.4, 0.5) is 11.4 Å². The molecule has 0 fully saturated rings. The molecule has 0 atom stereocenters. The van der Waals surface area contributed by atoms with Crippen molar-refractivity contribution in [3.05, 3.63) is 48.5 Å². The fourth-order valence-electron chi connectivity index (χ4n) is 2.15. The van der Waals surface area contributed by atoms with Crippen LogP contribution in [0.1, 0.15) is 26.7 Å². The van der Waals surface area contributed by atoms with Crippen molar-refractivity contribution in [2.75, 3.05) is 23.0 Å². The maximum atomic E-state index is 12.1. The Morgan fingerprint density at radius 3 is 2.19 bits per heavy atom. The molecule has 0 saturated carbocycles. The van der Waals surface area contributed by atoms with Crippen LogP contribution in [-0.4, -0.2) is 24.2 Å². The third-order valence-corrected chi connectivity index (χ3v) is 4.46. The molecule has 2 amide bonds. The number of unbranched alkanes of at least 4 members (excludes halogenated alkanes) is 1. The van der Waals surface area contributed by atoms with Crippen molar-refractivity contribution in [3.8, 4) is 5.75 Å². The standard InChI is InChI=1S/C20H24N2O3S/c1-3-4-13-25-18-9-5-17(6-10-18)22-20(24)14-26-19-11-7-16(8-12-19)21-15(2)23/h5-12H,3-4,13-14H2,1-2H3,(H,21,23)(H,22,24). The van der Waals surface area contributed by atoms with Gasteiger partial charge in [-0.15, -0.1) is 11.8 Å². The Balaban J connectivity index is 1.76. The number of hydrogen-bond donors (Lipinski definition) is 2. The van der Waals surface area contributed by atoms with E-state index >= 15 is 0 Å². The van der Waals surface area contributed by atoms with Crippen LogP contribution in [0.3, 0.4) is 0 Å².